The molecule has 0 aromatic heterocycles. The fraction of sp³-hybridized carbons (Fsp3) is 0.587. The molecule has 0 aromatic rings. The number of aliphatic carboxylic acids is 1. The number of carboxylic acid groups (broad SMARTS) is 1. The van der Waals surface area contributed by atoms with E-state index in [0.29, 0.717) is 19.3 Å². The molecule has 12 heteroatoms. The molecular weight excluding hydrogens is 949 g/mol. The van der Waals surface area contributed by atoms with Crippen molar-refractivity contribution < 1.29 is 58.2 Å². The van der Waals surface area contributed by atoms with Gasteiger partial charge in [-0.15, -0.1) is 0 Å². The number of carbonyl (C=O) groups is 4. The number of aliphatic hydroxyl groups is 2. The molecule has 0 saturated carbocycles. The van der Waals surface area contributed by atoms with Gasteiger partial charge in [0.2, 0.25) is 0 Å². The normalized spacial score (nSPS) is 19.2. The van der Waals surface area contributed by atoms with Crippen LogP contribution in [-0.4, -0.2) is 89.2 Å². The van der Waals surface area contributed by atoms with E-state index >= 15 is 0 Å². The van der Waals surface area contributed by atoms with Crippen LogP contribution in [0.3, 0.4) is 0 Å². The van der Waals surface area contributed by atoms with Crippen molar-refractivity contribution in [1.29, 1.82) is 0 Å². The third-order valence-electron chi connectivity index (χ3n) is 11.8. The molecule has 1 heterocycles. The first-order valence-electron chi connectivity index (χ1n) is 28.2. The zero-order valence-electron chi connectivity index (χ0n) is 46.0. The van der Waals surface area contributed by atoms with Crippen molar-refractivity contribution >= 4 is 23.9 Å². The Hall–Kier alpha value is -5.14. The lowest BCUT2D eigenvalue weighted by molar-refractivity contribution is -0.301. The number of carbonyl (C=O) groups excluding carboxylic acids is 3. The number of aliphatic hydroxyl groups excluding tert-OH is 2. The molecule has 420 valence electrons. The topological polar surface area (TPSA) is 175 Å². The van der Waals surface area contributed by atoms with E-state index in [1.54, 1.807) is 12.2 Å². The minimum absolute atomic E-state index is 0.0242. The van der Waals surface area contributed by atoms with Crippen molar-refractivity contribution in [3.05, 3.63) is 134 Å². The van der Waals surface area contributed by atoms with E-state index < -0.39 is 73.9 Å². The molecule has 0 spiro atoms. The van der Waals surface area contributed by atoms with Crippen LogP contribution in [0.5, 0.6) is 0 Å². The predicted molar refractivity (Wildman–Crippen MR) is 303 cm³/mol. The van der Waals surface area contributed by atoms with Crippen molar-refractivity contribution in [3.63, 3.8) is 0 Å². The second-order valence-corrected chi connectivity index (χ2v) is 18.5. The fourth-order valence-corrected chi connectivity index (χ4v) is 7.51. The van der Waals surface area contributed by atoms with Crippen LogP contribution in [0.2, 0.25) is 0 Å². The van der Waals surface area contributed by atoms with Gasteiger partial charge in [-0.1, -0.05) is 206 Å². The number of rotatable bonds is 45. The summed E-state index contributed by atoms with van der Waals surface area (Å²) < 4.78 is 28.1. The Balaban J connectivity index is 2.83. The van der Waals surface area contributed by atoms with Gasteiger partial charge in [-0.3, -0.25) is 14.4 Å². The van der Waals surface area contributed by atoms with Crippen LogP contribution in [-0.2, 0) is 42.9 Å². The molecule has 1 rings (SSSR count). The lowest BCUT2D eigenvalue weighted by Gasteiger charge is -2.40. The molecule has 0 aromatic carbocycles. The molecule has 0 aliphatic carbocycles. The van der Waals surface area contributed by atoms with E-state index in [1.807, 2.05) is 36.5 Å². The van der Waals surface area contributed by atoms with Crippen molar-refractivity contribution in [2.45, 2.75) is 225 Å². The minimum Gasteiger partial charge on any atom is -0.479 e. The van der Waals surface area contributed by atoms with E-state index in [-0.39, 0.29) is 19.3 Å². The van der Waals surface area contributed by atoms with Crippen molar-refractivity contribution in [2.24, 2.45) is 0 Å². The zero-order valence-corrected chi connectivity index (χ0v) is 46.0. The van der Waals surface area contributed by atoms with Gasteiger partial charge in [-0.2, -0.15) is 0 Å². The number of unbranched alkanes of at least 4 members (excludes halogenated alkanes) is 11. The number of ether oxygens (including phenoxy) is 5. The Morgan fingerprint density at radius 2 is 0.880 bits per heavy atom. The monoisotopic (exact) mass is 1040 g/mol. The Bertz CT molecular complexity index is 1810. The first-order chi connectivity index (χ1) is 36.6. The van der Waals surface area contributed by atoms with Crippen LogP contribution >= 0.6 is 0 Å². The Morgan fingerprint density at radius 1 is 0.467 bits per heavy atom. The van der Waals surface area contributed by atoms with Crippen molar-refractivity contribution in [3.8, 4) is 0 Å². The molecule has 3 N–H and O–H groups in total. The number of carboxylic acids is 1. The number of allylic oxidation sites excluding steroid dienone is 20. The second-order valence-electron chi connectivity index (χ2n) is 18.5. The average Bonchev–Trinajstić information content (AvgIpc) is 3.39. The smallest absolute Gasteiger partial charge is 0.335 e. The first kappa shape index (κ1) is 67.9. The van der Waals surface area contributed by atoms with Gasteiger partial charge in [0, 0.05) is 6.42 Å². The maximum atomic E-state index is 13.1. The summed E-state index contributed by atoms with van der Waals surface area (Å²) in [6.07, 6.45) is 57.7. The fourth-order valence-electron chi connectivity index (χ4n) is 7.51. The summed E-state index contributed by atoms with van der Waals surface area (Å²) in [7, 11) is 0. The van der Waals surface area contributed by atoms with Crippen molar-refractivity contribution in [2.75, 3.05) is 13.2 Å². The minimum atomic E-state index is -1.94. The summed E-state index contributed by atoms with van der Waals surface area (Å²) >= 11 is 0. The molecule has 1 fully saturated rings. The molecule has 12 nitrogen and oxygen atoms in total. The summed E-state index contributed by atoms with van der Waals surface area (Å²) in [5.41, 5.74) is 0. The van der Waals surface area contributed by atoms with Crippen LogP contribution in [0.4, 0.5) is 0 Å². The summed E-state index contributed by atoms with van der Waals surface area (Å²) in [5, 5.41) is 31.4. The van der Waals surface area contributed by atoms with Gasteiger partial charge in [0.25, 0.3) is 0 Å². The van der Waals surface area contributed by atoms with E-state index in [9.17, 15) is 34.5 Å². The van der Waals surface area contributed by atoms with E-state index in [4.69, 9.17) is 23.7 Å². The zero-order chi connectivity index (χ0) is 54.7. The summed E-state index contributed by atoms with van der Waals surface area (Å²) in [6, 6.07) is 0. The van der Waals surface area contributed by atoms with Gasteiger partial charge in [0.05, 0.1) is 19.4 Å². The first-order valence-corrected chi connectivity index (χ1v) is 28.2. The Morgan fingerprint density at radius 3 is 1.33 bits per heavy atom. The van der Waals surface area contributed by atoms with Gasteiger partial charge >= 0.3 is 23.9 Å². The van der Waals surface area contributed by atoms with Gasteiger partial charge in [0.15, 0.2) is 24.6 Å². The summed E-state index contributed by atoms with van der Waals surface area (Å²) in [6.45, 7) is 5.55. The van der Waals surface area contributed by atoms with Crippen LogP contribution in [0.15, 0.2) is 134 Å². The highest BCUT2D eigenvalue weighted by Gasteiger charge is 2.50. The quantitative estimate of drug-likeness (QED) is 0.0228. The van der Waals surface area contributed by atoms with Crippen LogP contribution in [0, 0.1) is 0 Å². The molecule has 1 aliphatic heterocycles. The summed E-state index contributed by atoms with van der Waals surface area (Å²) in [4.78, 5) is 50.9. The maximum absolute atomic E-state index is 13.1. The standard InChI is InChI=1S/C63H96O12/c1-4-7-10-13-16-19-22-25-28-31-34-37-40-43-46-49-55(64)71-52-54(73-56(65)50-47-44-41-38-35-32-29-26-23-20-17-14-11-8-5-2)53-72-63-61(59(68)58(67)60(75-63)62(69)70)74-57(66)51-48-45-42-39-36-33-30-27-24-21-18-15-12-9-6-3/h7-8,10-11,16-17,19-20,25-30,34-35,37-38,43-44,46-47,54,58-61,63,67-68H,4-6,9,12-15,18,21-24,31-33,36,39-42,45,48-53H2,1-3H3,(H,69,70)/b10-7-,11-8-,19-16-,20-17-,28-25-,29-26-,30-27-,37-34-,38-35-,46-43-,47-44-. The lowest BCUT2D eigenvalue weighted by atomic mass is 9.98. The highest BCUT2D eigenvalue weighted by Crippen LogP contribution is 2.26. The third kappa shape index (κ3) is 39.9. The van der Waals surface area contributed by atoms with Crippen molar-refractivity contribution in [1.82, 2.24) is 0 Å². The Kier molecular flexibility index (Phi) is 45.0. The molecule has 0 radical (unpaired) electrons. The van der Waals surface area contributed by atoms with Crippen LogP contribution in [0.25, 0.3) is 0 Å². The van der Waals surface area contributed by atoms with Gasteiger partial charge in [-0.25, -0.2) is 4.79 Å². The molecular formula is C63H96O12. The molecule has 75 heavy (non-hydrogen) atoms. The van der Waals surface area contributed by atoms with Gasteiger partial charge in [-0.05, 0) is 96.3 Å². The maximum Gasteiger partial charge on any atom is 0.335 e. The predicted octanol–water partition coefficient (Wildman–Crippen LogP) is 14.2. The Labute approximate surface area is 451 Å². The lowest BCUT2D eigenvalue weighted by Crippen LogP contribution is -2.61. The van der Waals surface area contributed by atoms with E-state index in [0.717, 1.165) is 89.9 Å². The van der Waals surface area contributed by atoms with Gasteiger partial charge < -0.3 is 39.0 Å². The molecule has 1 aliphatic rings. The van der Waals surface area contributed by atoms with Crippen LogP contribution < -0.4 is 0 Å². The van der Waals surface area contributed by atoms with E-state index in [1.165, 1.54) is 38.5 Å². The third-order valence-corrected chi connectivity index (χ3v) is 11.8. The molecule has 6 atom stereocenters. The second kappa shape index (κ2) is 49.7. The number of hydrogen-bond donors (Lipinski definition) is 3. The average molecular weight is 1050 g/mol. The van der Waals surface area contributed by atoms with Crippen LogP contribution in [0.1, 0.15) is 188 Å². The van der Waals surface area contributed by atoms with E-state index in [2.05, 4.69) is 106 Å². The SMILES string of the molecule is CC/C=C\C/C=C\C/C=C\C/C=C\C/C=C\CC(=O)OCC(COC1OC(C(=O)O)C(O)C(O)C1OC(=O)CCCCCCC/C=C\CCCCCCCC)OC(=O)C/C=C\C/C=C\C/C=C\C/C=C\C/C=C\CC. The highest BCUT2D eigenvalue weighted by molar-refractivity contribution is 5.74. The molecule has 0 amide bonds. The number of hydrogen-bond acceptors (Lipinski definition) is 11. The highest BCUT2D eigenvalue weighted by atomic mass is 16.7. The molecule has 6 unspecified atom stereocenters. The molecule has 1 saturated heterocycles. The van der Waals surface area contributed by atoms with Gasteiger partial charge in [0.1, 0.15) is 18.8 Å². The largest absolute Gasteiger partial charge is 0.479 e. The molecule has 0 bridgehead atoms. The summed E-state index contributed by atoms with van der Waals surface area (Å²) in [5.74, 6) is -3.49. The number of esters is 3.